The lowest BCUT2D eigenvalue weighted by Gasteiger charge is -2.34. The average molecular weight is 199 g/mol. The van der Waals surface area contributed by atoms with Crippen molar-refractivity contribution in [3.8, 4) is 0 Å². The van der Waals surface area contributed by atoms with Crippen molar-refractivity contribution in [2.75, 3.05) is 33.2 Å². The Morgan fingerprint density at radius 2 is 2.14 bits per heavy atom. The van der Waals surface area contributed by atoms with Gasteiger partial charge < -0.3 is 10.6 Å². The second-order valence-electron chi connectivity index (χ2n) is 4.50. The van der Waals surface area contributed by atoms with Gasteiger partial charge in [0.2, 0.25) is 0 Å². The molecule has 0 aromatic rings. The molecular formula is C11H25N3. The van der Waals surface area contributed by atoms with E-state index in [1.165, 1.54) is 32.5 Å². The molecule has 1 heterocycles. The second-order valence-corrected chi connectivity index (χ2v) is 4.50. The first kappa shape index (κ1) is 12.0. The van der Waals surface area contributed by atoms with Crippen molar-refractivity contribution < 1.29 is 0 Å². The van der Waals surface area contributed by atoms with Crippen molar-refractivity contribution in [3.05, 3.63) is 0 Å². The summed E-state index contributed by atoms with van der Waals surface area (Å²) in [6.45, 7) is 8.96. The summed E-state index contributed by atoms with van der Waals surface area (Å²) in [5.74, 6) is 0. The molecule has 0 aromatic carbocycles. The van der Waals surface area contributed by atoms with E-state index in [2.05, 4.69) is 30.7 Å². The van der Waals surface area contributed by atoms with E-state index in [9.17, 15) is 0 Å². The Hall–Kier alpha value is -0.120. The smallest absolute Gasteiger partial charge is 0.0219 e. The molecular weight excluding hydrogens is 174 g/mol. The van der Waals surface area contributed by atoms with Crippen LogP contribution in [0.4, 0.5) is 0 Å². The van der Waals surface area contributed by atoms with Crippen LogP contribution < -0.4 is 5.73 Å². The van der Waals surface area contributed by atoms with Gasteiger partial charge in [0.05, 0.1) is 0 Å². The maximum absolute atomic E-state index is 5.81. The van der Waals surface area contributed by atoms with Crippen LogP contribution >= 0.6 is 0 Å². The van der Waals surface area contributed by atoms with Crippen LogP contribution in [-0.2, 0) is 0 Å². The topological polar surface area (TPSA) is 32.5 Å². The van der Waals surface area contributed by atoms with Crippen LogP contribution in [0.3, 0.4) is 0 Å². The highest BCUT2D eigenvalue weighted by atomic mass is 15.2. The number of hydrogen-bond acceptors (Lipinski definition) is 3. The third kappa shape index (κ3) is 2.94. The number of hydrogen-bond donors (Lipinski definition) is 1. The lowest BCUT2D eigenvalue weighted by molar-refractivity contribution is 0.142. The molecule has 0 bridgehead atoms. The standard InChI is InChI=1S/C11H25N3/c1-4-11(8-12)14-7-5-6-13(3)9-10(14)2/h10-11H,4-9,12H2,1-3H3. The molecule has 2 N–H and O–H groups in total. The summed E-state index contributed by atoms with van der Waals surface area (Å²) < 4.78 is 0. The Bertz CT molecular complexity index is 157. The van der Waals surface area contributed by atoms with Gasteiger partial charge in [-0.3, -0.25) is 4.90 Å². The molecule has 0 radical (unpaired) electrons. The summed E-state index contributed by atoms with van der Waals surface area (Å²) in [7, 11) is 2.21. The van der Waals surface area contributed by atoms with Gasteiger partial charge in [0.15, 0.2) is 0 Å². The molecule has 84 valence electrons. The lowest BCUT2D eigenvalue weighted by atomic mass is 10.1. The Morgan fingerprint density at radius 1 is 1.43 bits per heavy atom. The molecule has 1 rings (SSSR count). The summed E-state index contributed by atoms with van der Waals surface area (Å²) in [5.41, 5.74) is 5.81. The zero-order chi connectivity index (χ0) is 10.6. The molecule has 3 nitrogen and oxygen atoms in total. The zero-order valence-electron chi connectivity index (χ0n) is 9.87. The first-order valence-corrected chi connectivity index (χ1v) is 5.83. The van der Waals surface area contributed by atoms with Crippen molar-refractivity contribution in [1.29, 1.82) is 0 Å². The number of rotatable bonds is 3. The molecule has 14 heavy (non-hydrogen) atoms. The monoisotopic (exact) mass is 199 g/mol. The quantitative estimate of drug-likeness (QED) is 0.728. The van der Waals surface area contributed by atoms with Gasteiger partial charge in [-0.25, -0.2) is 0 Å². The molecule has 0 aliphatic carbocycles. The molecule has 0 aromatic heterocycles. The highest BCUT2D eigenvalue weighted by molar-refractivity contribution is 4.81. The fourth-order valence-corrected chi connectivity index (χ4v) is 2.47. The van der Waals surface area contributed by atoms with Gasteiger partial charge in [0.25, 0.3) is 0 Å². The van der Waals surface area contributed by atoms with Crippen molar-refractivity contribution in [1.82, 2.24) is 9.80 Å². The van der Waals surface area contributed by atoms with Gasteiger partial charge in [-0.2, -0.15) is 0 Å². The summed E-state index contributed by atoms with van der Waals surface area (Å²) >= 11 is 0. The summed E-state index contributed by atoms with van der Waals surface area (Å²) in [6.07, 6.45) is 2.45. The summed E-state index contributed by atoms with van der Waals surface area (Å²) in [5, 5.41) is 0. The van der Waals surface area contributed by atoms with E-state index >= 15 is 0 Å². The van der Waals surface area contributed by atoms with Crippen LogP contribution in [0.5, 0.6) is 0 Å². The van der Waals surface area contributed by atoms with Gasteiger partial charge in [-0.05, 0) is 33.4 Å². The van der Waals surface area contributed by atoms with E-state index in [0.29, 0.717) is 12.1 Å². The molecule has 2 atom stereocenters. The van der Waals surface area contributed by atoms with Crippen LogP contribution in [0.1, 0.15) is 26.7 Å². The minimum atomic E-state index is 0.580. The van der Waals surface area contributed by atoms with Crippen LogP contribution in [0.2, 0.25) is 0 Å². The van der Waals surface area contributed by atoms with E-state index in [-0.39, 0.29) is 0 Å². The Balaban J connectivity index is 2.57. The minimum Gasteiger partial charge on any atom is -0.329 e. The van der Waals surface area contributed by atoms with E-state index in [4.69, 9.17) is 5.73 Å². The summed E-state index contributed by atoms with van der Waals surface area (Å²) in [6, 6.07) is 1.23. The molecule has 0 spiro atoms. The number of nitrogens with two attached hydrogens (primary N) is 1. The fraction of sp³-hybridized carbons (Fsp3) is 1.00. The summed E-state index contributed by atoms with van der Waals surface area (Å²) in [4.78, 5) is 5.01. The molecule has 1 fully saturated rings. The first-order valence-electron chi connectivity index (χ1n) is 5.83. The predicted molar refractivity (Wildman–Crippen MR) is 61.4 cm³/mol. The van der Waals surface area contributed by atoms with Crippen LogP contribution in [-0.4, -0.2) is 55.1 Å². The fourth-order valence-electron chi connectivity index (χ4n) is 2.47. The largest absolute Gasteiger partial charge is 0.329 e. The van der Waals surface area contributed by atoms with Crippen molar-refractivity contribution in [2.24, 2.45) is 5.73 Å². The molecule has 1 aliphatic heterocycles. The Morgan fingerprint density at radius 3 is 2.71 bits per heavy atom. The van der Waals surface area contributed by atoms with Crippen molar-refractivity contribution >= 4 is 0 Å². The SMILES string of the molecule is CCC(CN)N1CCCN(C)CC1C. The van der Waals surface area contributed by atoms with Gasteiger partial charge >= 0.3 is 0 Å². The number of likely N-dealkylation sites (N-methyl/N-ethyl adjacent to an activating group) is 1. The molecule has 1 saturated heterocycles. The van der Waals surface area contributed by atoms with E-state index in [1.807, 2.05) is 0 Å². The maximum Gasteiger partial charge on any atom is 0.0219 e. The van der Waals surface area contributed by atoms with Crippen molar-refractivity contribution in [2.45, 2.75) is 38.8 Å². The third-order valence-corrected chi connectivity index (χ3v) is 3.31. The molecule has 1 aliphatic rings. The van der Waals surface area contributed by atoms with Crippen LogP contribution in [0.25, 0.3) is 0 Å². The highest BCUT2D eigenvalue weighted by Crippen LogP contribution is 2.13. The van der Waals surface area contributed by atoms with Crippen LogP contribution in [0, 0.1) is 0 Å². The second kappa shape index (κ2) is 5.69. The minimum absolute atomic E-state index is 0.580. The molecule has 0 amide bonds. The van der Waals surface area contributed by atoms with E-state index in [0.717, 1.165) is 6.54 Å². The highest BCUT2D eigenvalue weighted by Gasteiger charge is 2.24. The average Bonchev–Trinajstić information content (AvgIpc) is 2.31. The Kier molecular flexibility index (Phi) is 4.85. The normalized spacial score (nSPS) is 28.7. The molecule has 3 heteroatoms. The zero-order valence-corrected chi connectivity index (χ0v) is 9.87. The van der Waals surface area contributed by atoms with Gasteiger partial charge in [0, 0.05) is 31.7 Å². The van der Waals surface area contributed by atoms with Gasteiger partial charge in [-0.15, -0.1) is 0 Å². The van der Waals surface area contributed by atoms with Crippen LogP contribution in [0.15, 0.2) is 0 Å². The lowest BCUT2D eigenvalue weighted by Crippen LogP contribution is -2.47. The third-order valence-electron chi connectivity index (χ3n) is 3.31. The number of nitrogens with zero attached hydrogens (tertiary/aromatic N) is 2. The van der Waals surface area contributed by atoms with Gasteiger partial charge in [0.1, 0.15) is 0 Å². The van der Waals surface area contributed by atoms with Crippen molar-refractivity contribution in [3.63, 3.8) is 0 Å². The maximum atomic E-state index is 5.81. The van der Waals surface area contributed by atoms with E-state index in [1.54, 1.807) is 0 Å². The van der Waals surface area contributed by atoms with E-state index < -0.39 is 0 Å². The Labute approximate surface area is 88.2 Å². The first-order chi connectivity index (χ1) is 6.69. The molecule has 0 saturated carbocycles. The predicted octanol–water partition coefficient (Wildman–Crippen LogP) is 0.750. The van der Waals surface area contributed by atoms with Gasteiger partial charge in [-0.1, -0.05) is 6.92 Å². The molecule has 2 unspecified atom stereocenters.